The molecule has 0 bridgehead atoms. The van der Waals surface area contributed by atoms with E-state index in [0.29, 0.717) is 23.6 Å². The number of benzene rings is 1. The third-order valence-corrected chi connectivity index (χ3v) is 3.48. The van der Waals surface area contributed by atoms with E-state index < -0.39 is 6.10 Å². The Balaban J connectivity index is 2.35. The molecule has 5 nitrogen and oxygen atoms in total. The molecule has 0 aliphatic heterocycles. The van der Waals surface area contributed by atoms with Crippen molar-refractivity contribution in [3.63, 3.8) is 0 Å². The fourth-order valence-electron chi connectivity index (χ4n) is 2.29. The van der Waals surface area contributed by atoms with Crippen LogP contribution in [-0.2, 0) is 0 Å². The van der Waals surface area contributed by atoms with Crippen molar-refractivity contribution < 1.29 is 14.6 Å². The number of aliphatic hydroxyl groups is 1. The van der Waals surface area contributed by atoms with Crippen LogP contribution in [-0.4, -0.2) is 30.9 Å². The van der Waals surface area contributed by atoms with Gasteiger partial charge in [-0.15, -0.1) is 0 Å². The molecular formula is C16H20N2O3. The monoisotopic (exact) mass is 288 g/mol. The summed E-state index contributed by atoms with van der Waals surface area (Å²) < 4.78 is 10.5. The van der Waals surface area contributed by atoms with Gasteiger partial charge in [-0.25, -0.2) is 0 Å². The van der Waals surface area contributed by atoms with Crippen molar-refractivity contribution in [1.82, 2.24) is 4.98 Å². The molecule has 1 aromatic heterocycles. The molecule has 1 heterocycles. The van der Waals surface area contributed by atoms with Gasteiger partial charge in [0.25, 0.3) is 0 Å². The highest BCUT2D eigenvalue weighted by atomic mass is 16.5. The lowest BCUT2D eigenvalue weighted by molar-refractivity contribution is 0.146. The lowest BCUT2D eigenvalue weighted by Crippen LogP contribution is -2.20. The molecule has 0 aliphatic rings. The highest BCUT2D eigenvalue weighted by Crippen LogP contribution is 2.34. The molecule has 3 N–H and O–H groups in total. The Kier molecular flexibility index (Phi) is 5.14. The maximum absolute atomic E-state index is 10.7. The topological polar surface area (TPSA) is 77.6 Å². The summed E-state index contributed by atoms with van der Waals surface area (Å²) in [5.74, 6) is 1.05. The number of nitrogens with zero attached hydrogens (tertiary/aromatic N) is 1. The summed E-state index contributed by atoms with van der Waals surface area (Å²) in [6, 6.07) is 9.06. The molecule has 2 atom stereocenters. The first-order valence-electron chi connectivity index (χ1n) is 6.70. The number of aliphatic hydroxyl groups excluding tert-OH is 1. The van der Waals surface area contributed by atoms with Gasteiger partial charge in [-0.2, -0.15) is 0 Å². The second-order valence-electron chi connectivity index (χ2n) is 4.71. The summed E-state index contributed by atoms with van der Waals surface area (Å²) in [6.07, 6.45) is 2.63. The van der Waals surface area contributed by atoms with Gasteiger partial charge in [-0.05, 0) is 35.4 Å². The average molecular weight is 288 g/mol. The van der Waals surface area contributed by atoms with Crippen molar-refractivity contribution in [3.05, 3.63) is 53.9 Å². The number of hydrogen-bond donors (Lipinski definition) is 2. The first kappa shape index (κ1) is 15.3. The van der Waals surface area contributed by atoms with E-state index in [0.717, 1.165) is 5.56 Å². The van der Waals surface area contributed by atoms with Crippen molar-refractivity contribution in [3.8, 4) is 11.5 Å². The van der Waals surface area contributed by atoms with Gasteiger partial charge < -0.3 is 20.3 Å². The van der Waals surface area contributed by atoms with E-state index in [4.69, 9.17) is 15.2 Å². The van der Waals surface area contributed by atoms with E-state index in [2.05, 4.69) is 4.98 Å². The Labute approximate surface area is 124 Å². The molecule has 5 heteroatoms. The van der Waals surface area contributed by atoms with E-state index >= 15 is 0 Å². The zero-order valence-corrected chi connectivity index (χ0v) is 12.2. The van der Waals surface area contributed by atoms with Crippen molar-refractivity contribution in [2.45, 2.75) is 12.0 Å². The van der Waals surface area contributed by atoms with Crippen LogP contribution in [0.4, 0.5) is 0 Å². The molecule has 0 amide bonds. The van der Waals surface area contributed by atoms with E-state index in [1.54, 1.807) is 44.8 Å². The molecule has 0 radical (unpaired) electrons. The third kappa shape index (κ3) is 3.51. The number of ether oxygens (including phenoxy) is 2. The molecule has 2 rings (SSSR count). The van der Waals surface area contributed by atoms with Crippen LogP contribution in [0.25, 0.3) is 0 Å². The number of nitrogens with two attached hydrogens (primary N) is 1. The van der Waals surface area contributed by atoms with Crippen LogP contribution >= 0.6 is 0 Å². The predicted molar refractivity (Wildman–Crippen MR) is 80.5 cm³/mol. The fourth-order valence-corrected chi connectivity index (χ4v) is 2.29. The fraction of sp³-hybridized carbons (Fsp3) is 0.312. The van der Waals surface area contributed by atoms with Gasteiger partial charge in [-0.3, -0.25) is 4.98 Å². The molecule has 2 aromatic rings. The maximum atomic E-state index is 10.7. The van der Waals surface area contributed by atoms with Crippen molar-refractivity contribution in [2.24, 2.45) is 5.73 Å². The van der Waals surface area contributed by atoms with Gasteiger partial charge in [0.1, 0.15) is 11.5 Å². The lowest BCUT2D eigenvalue weighted by atomic mass is 9.89. The summed E-state index contributed by atoms with van der Waals surface area (Å²) in [5.41, 5.74) is 7.49. The van der Waals surface area contributed by atoms with Gasteiger partial charge in [0.05, 0.1) is 20.3 Å². The van der Waals surface area contributed by atoms with Crippen LogP contribution in [0.15, 0.2) is 42.7 Å². The van der Waals surface area contributed by atoms with Gasteiger partial charge in [0, 0.05) is 30.9 Å². The Hall–Kier alpha value is -2.11. The Bertz CT molecular complexity index is 553. The van der Waals surface area contributed by atoms with Crippen LogP contribution in [0, 0.1) is 0 Å². The van der Waals surface area contributed by atoms with Crippen LogP contribution in [0.3, 0.4) is 0 Å². The van der Waals surface area contributed by atoms with E-state index in [1.807, 2.05) is 12.1 Å². The van der Waals surface area contributed by atoms with Gasteiger partial charge in [-0.1, -0.05) is 0 Å². The summed E-state index contributed by atoms with van der Waals surface area (Å²) in [5, 5.41) is 10.7. The van der Waals surface area contributed by atoms with Crippen molar-refractivity contribution >= 4 is 0 Å². The SMILES string of the molecule is COc1cc(OC)cc(C(O)C(CN)c2ccncc2)c1. The minimum absolute atomic E-state index is 0.218. The van der Waals surface area contributed by atoms with Crippen LogP contribution < -0.4 is 15.2 Å². The second-order valence-corrected chi connectivity index (χ2v) is 4.71. The molecule has 112 valence electrons. The Morgan fingerprint density at radius 1 is 1.05 bits per heavy atom. The first-order valence-corrected chi connectivity index (χ1v) is 6.70. The lowest BCUT2D eigenvalue weighted by Gasteiger charge is -2.23. The molecule has 0 aliphatic carbocycles. The van der Waals surface area contributed by atoms with Crippen LogP contribution in [0.2, 0.25) is 0 Å². The smallest absolute Gasteiger partial charge is 0.122 e. The maximum Gasteiger partial charge on any atom is 0.122 e. The number of hydrogen-bond acceptors (Lipinski definition) is 5. The molecule has 0 saturated heterocycles. The molecule has 1 aromatic carbocycles. The average Bonchev–Trinajstić information content (AvgIpc) is 2.55. The van der Waals surface area contributed by atoms with E-state index in [-0.39, 0.29) is 5.92 Å². The zero-order chi connectivity index (χ0) is 15.2. The summed E-state index contributed by atoms with van der Waals surface area (Å²) in [4.78, 5) is 3.99. The normalized spacial score (nSPS) is 13.5. The van der Waals surface area contributed by atoms with Gasteiger partial charge >= 0.3 is 0 Å². The van der Waals surface area contributed by atoms with Crippen molar-refractivity contribution in [1.29, 1.82) is 0 Å². The Morgan fingerprint density at radius 3 is 2.10 bits per heavy atom. The summed E-state index contributed by atoms with van der Waals surface area (Å²) in [7, 11) is 3.16. The van der Waals surface area contributed by atoms with Gasteiger partial charge in [0.2, 0.25) is 0 Å². The molecule has 0 spiro atoms. The minimum Gasteiger partial charge on any atom is -0.497 e. The molecule has 2 unspecified atom stereocenters. The third-order valence-electron chi connectivity index (χ3n) is 3.48. The summed E-state index contributed by atoms with van der Waals surface area (Å²) in [6.45, 7) is 0.324. The highest BCUT2D eigenvalue weighted by molar-refractivity contribution is 5.40. The second kappa shape index (κ2) is 7.06. The van der Waals surface area contributed by atoms with E-state index in [1.165, 1.54) is 0 Å². The number of aromatic nitrogens is 1. The minimum atomic E-state index is -0.749. The Morgan fingerprint density at radius 2 is 1.62 bits per heavy atom. The standard InChI is InChI=1S/C16H20N2O3/c1-20-13-7-12(8-14(9-13)21-2)16(19)15(10-17)11-3-5-18-6-4-11/h3-9,15-16,19H,10,17H2,1-2H3. The number of pyridine rings is 1. The quantitative estimate of drug-likeness (QED) is 0.848. The number of methoxy groups -OCH3 is 2. The molecule has 0 saturated carbocycles. The highest BCUT2D eigenvalue weighted by Gasteiger charge is 2.22. The van der Waals surface area contributed by atoms with Gasteiger partial charge in [0.15, 0.2) is 0 Å². The molecular weight excluding hydrogens is 268 g/mol. The zero-order valence-electron chi connectivity index (χ0n) is 12.2. The molecule has 0 fully saturated rings. The summed E-state index contributed by atoms with van der Waals surface area (Å²) >= 11 is 0. The van der Waals surface area contributed by atoms with E-state index in [9.17, 15) is 5.11 Å². The molecule has 21 heavy (non-hydrogen) atoms. The van der Waals surface area contributed by atoms with Crippen molar-refractivity contribution in [2.75, 3.05) is 20.8 Å². The first-order chi connectivity index (χ1) is 10.2. The number of rotatable bonds is 6. The van der Waals surface area contributed by atoms with Crippen LogP contribution in [0.1, 0.15) is 23.1 Å². The largest absolute Gasteiger partial charge is 0.497 e. The van der Waals surface area contributed by atoms with Crippen LogP contribution in [0.5, 0.6) is 11.5 Å². The predicted octanol–water partition coefficient (Wildman–Crippen LogP) is 1.87.